The summed E-state index contributed by atoms with van der Waals surface area (Å²) in [7, 11) is 0. The summed E-state index contributed by atoms with van der Waals surface area (Å²) in [6.07, 6.45) is 0. The number of nitrogens with one attached hydrogen (secondary N) is 1. The van der Waals surface area contributed by atoms with Crippen molar-refractivity contribution >= 4 is 11.4 Å². The van der Waals surface area contributed by atoms with E-state index >= 15 is 0 Å². The van der Waals surface area contributed by atoms with Crippen molar-refractivity contribution in [2.45, 2.75) is 50.9 Å². The minimum Gasteiger partial charge on any atom is -0.598 e. The summed E-state index contributed by atoms with van der Waals surface area (Å²) in [5.74, 6) is 0.341. The molecule has 4 nitrogen and oxygen atoms in total. The Kier molecular flexibility index (Phi) is 4.29. The molecule has 0 aliphatic carbocycles. The first kappa shape index (κ1) is 14.3. The molecule has 16 heavy (non-hydrogen) atoms. The Hall–Kier alpha value is 0.190. The summed E-state index contributed by atoms with van der Waals surface area (Å²) in [6, 6.07) is -0.0347. The van der Waals surface area contributed by atoms with Gasteiger partial charge in [-0.2, -0.15) is 0 Å². The van der Waals surface area contributed by atoms with Gasteiger partial charge >= 0.3 is 0 Å². The van der Waals surface area contributed by atoms with Crippen LogP contribution in [0.5, 0.6) is 0 Å². The van der Waals surface area contributed by atoms with E-state index in [9.17, 15) is 4.55 Å². The minimum atomic E-state index is -1.10. The van der Waals surface area contributed by atoms with Crippen LogP contribution < -0.4 is 10.5 Å². The molecule has 1 unspecified atom stereocenters. The van der Waals surface area contributed by atoms with E-state index in [1.54, 1.807) is 0 Å². The fourth-order valence-corrected chi connectivity index (χ4v) is 2.55. The topological polar surface area (TPSA) is 70.3 Å². The summed E-state index contributed by atoms with van der Waals surface area (Å²) in [4.78, 5) is 0. The summed E-state index contributed by atoms with van der Waals surface area (Å²) < 4.78 is 20.2. The minimum absolute atomic E-state index is 0.0347. The second-order valence-corrected chi connectivity index (χ2v) is 7.87. The number of nitrogens with two attached hydrogens (primary N) is 1. The van der Waals surface area contributed by atoms with Crippen LogP contribution in [0.4, 0.5) is 0 Å². The van der Waals surface area contributed by atoms with E-state index in [2.05, 4.69) is 18.6 Å². The highest BCUT2D eigenvalue weighted by Crippen LogP contribution is 2.28. The molecule has 96 valence electrons. The van der Waals surface area contributed by atoms with Crippen LogP contribution in [-0.2, 0) is 16.1 Å². The zero-order valence-corrected chi connectivity index (χ0v) is 11.7. The molecule has 3 N–H and O–H groups in total. The van der Waals surface area contributed by atoms with Crippen molar-refractivity contribution in [1.29, 1.82) is 0 Å². The average molecular weight is 248 g/mol. The highest BCUT2D eigenvalue weighted by Gasteiger charge is 2.50. The number of hydrogen-bond donors (Lipinski definition) is 2. The smallest absolute Gasteiger partial charge is 0.136 e. The van der Waals surface area contributed by atoms with Crippen LogP contribution in [0.1, 0.15) is 34.6 Å². The van der Waals surface area contributed by atoms with Gasteiger partial charge in [0, 0.05) is 17.4 Å². The van der Waals surface area contributed by atoms with E-state index in [0.29, 0.717) is 19.1 Å². The lowest BCUT2D eigenvalue weighted by Gasteiger charge is -2.47. The van der Waals surface area contributed by atoms with Crippen LogP contribution >= 0.6 is 0 Å². The van der Waals surface area contributed by atoms with Crippen molar-refractivity contribution in [3.63, 3.8) is 0 Å². The second-order valence-electron chi connectivity index (χ2n) is 5.90. The Morgan fingerprint density at radius 1 is 1.38 bits per heavy atom. The van der Waals surface area contributed by atoms with Gasteiger partial charge in [-0.15, -0.1) is 4.72 Å². The monoisotopic (exact) mass is 248 g/mol. The third-order valence-corrected chi connectivity index (χ3v) is 4.63. The van der Waals surface area contributed by atoms with Gasteiger partial charge in [-0.25, -0.2) is 0 Å². The maximum atomic E-state index is 12.1. The normalized spacial score (nSPS) is 24.0. The summed E-state index contributed by atoms with van der Waals surface area (Å²) in [6.45, 7) is 11.1. The van der Waals surface area contributed by atoms with E-state index in [4.69, 9.17) is 10.5 Å². The number of hydrogen-bond acceptors (Lipinski definition) is 4. The zero-order valence-electron chi connectivity index (χ0n) is 10.9. The van der Waals surface area contributed by atoms with Gasteiger partial charge in [0.25, 0.3) is 0 Å². The molecule has 0 spiro atoms. The second kappa shape index (κ2) is 4.82. The Balaban J connectivity index is 2.68. The van der Waals surface area contributed by atoms with Gasteiger partial charge in [0.05, 0.1) is 13.2 Å². The van der Waals surface area contributed by atoms with Gasteiger partial charge in [-0.05, 0) is 26.7 Å². The molecule has 0 aromatic heterocycles. The van der Waals surface area contributed by atoms with Crippen molar-refractivity contribution < 1.29 is 9.29 Å². The summed E-state index contributed by atoms with van der Waals surface area (Å²) in [5, 5.41) is 0. The molecule has 1 aliphatic heterocycles. The molecule has 0 amide bonds. The van der Waals surface area contributed by atoms with Gasteiger partial charge in [-0.1, -0.05) is 13.8 Å². The predicted molar refractivity (Wildman–Crippen MR) is 67.4 cm³/mol. The van der Waals surface area contributed by atoms with Crippen molar-refractivity contribution in [3.05, 3.63) is 0 Å². The lowest BCUT2D eigenvalue weighted by molar-refractivity contribution is -0.0815. The van der Waals surface area contributed by atoms with E-state index in [1.165, 1.54) is 0 Å². The van der Waals surface area contributed by atoms with Crippen LogP contribution in [0.25, 0.3) is 0 Å². The summed E-state index contributed by atoms with van der Waals surface area (Å²) in [5.41, 5.74) is 5.86. The van der Waals surface area contributed by atoms with Crippen molar-refractivity contribution in [2.24, 2.45) is 11.7 Å². The van der Waals surface area contributed by atoms with Gasteiger partial charge in [0.2, 0.25) is 0 Å². The van der Waals surface area contributed by atoms with Crippen LogP contribution in [0.15, 0.2) is 0 Å². The van der Waals surface area contributed by atoms with E-state index in [0.717, 1.165) is 0 Å². The standard InChI is InChI=1S/C11H24N2O2S/c1-8(2)9(12)11(6-15-7-11)13-16(14)10(3,4)5/h8-9,13H,6-7,12H2,1-5H3/t9?,16-/m0/s1. The van der Waals surface area contributed by atoms with Gasteiger partial charge < -0.3 is 15.0 Å². The Morgan fingerprint density at radius 2 is 1.88 bits per heavy atom. The SMILES string of the molecule is CC(C)C(N)C1(N[S@@+]([O-])C(C)(C)C)COC1. The fourth-order valence-electron chi connectivity index (χ4n) is 1.62. The molecule has 1 rings (SSSR count). The first-order valence-electron chi connectivity index (χ1n) is 5.72. The van der Waals surface area contributed by atoms with Crippen molar-refractivity contribution in [1.82, 2.24) is 4.72 Å². The van der Waals surface area contributed by atoms with Gasteiger partial charge in [-0.3, -0.25) is 0 Å². The molecule has 1 saturated heterocycles. The summed E-state index contributed by atoms with van der Waals surface area (Å²) >= 11 is -1.10. The first-order chi connectivity index (χ1) is 7.19. The maximum absolute atomic E-state index is 12.1. The molecule has 1 aliphatic rings. The Morgan fingerprint density at radius 3 is 2.12 bits per heavy atom. The predicted octanol–water partition coefficient (Wildman–Crippen LogP) is 0.791. The molecule has 0 radical (unpaired) electrons. The number of ether oxygens (including phenoxy) is 1. The zero-order chi connectivity index (χ0) is 12.6. The third-order valence-electron chi connectivity index (χ3n) is 2.93. The highest BCUT2D eigenvalue weighted by atomic mass is 32.2. The fraction of sp³-hybridized carbons (Fsp3) is 1.00. The van der Waals surface area contributed by atoms with Crippen LogP contribution in [-0.4, -0.2) is 34.1 Å². The molecule has 2 atom stereocenters. The molecule has 1 heterocycles. The maximum Gasteiger partial charge on any atom is 0.136 e. The van der Waals surface area contributed by atoms with Crippen molar-refractivity contribution in [2.75, 3.05) is 13.2 Å². The van der Waals surface area contributed by atoms with Crippen LogP contribution in [0.3, 0.4) is 0 Å². The first-order valence-corrected chi connectivity index (χ1v) is 6.87. The van der Waals surface area contributed by atoms with Crippen LogP contribution in [0, 0.1) is 5.92 Å². The molecule has 1 fully saturated rings. The van der Waals surface area contributed by atoms with Gasteiger partial charge in [0.1, 0.15) is 10.3 Å². The molecular formula is C11H24N2O2S. The number of rotatable bonds is 4. The molecule has 0 saturated carbocycles. The lowest BCUT2D eigenvalue weighted by Crippen LogP contribution is -2.73. The molecule has 0 bridgehead atoms. The quantitative estimate of drug-likeness (QED) is 0.722. The van der Waals surface area contributed by atoms with E-state index in [1.807, 2.05) is 20.8 Å². The largest absolute Gasteiger partial charge is 0.598 e. The average Bonchev–Trinajstić information content (AvgIpc) is 2.07. The Bertz CT molecular complexity index is 237. The van der Waals surface area contributed by atoms with Crippen molar-refractivity contribution in [3.8, 4) is 0 Å². The third kappa shape index (κ3) is 2.90. The molecule has 0 aromatic carbocycles. The highest BCUT2D eigenvalue weighted by molar-refractivity contribution is 7.90. The molecule has 0 aromatic rings. The lowest BCUT2D eigenvalue weighted by atomic mass is 9.83. The van der Waals surface area contributed by atoms with E-state index < -0.39 is 11.4 Å². The van der Waals surface area contributed by atoms with E-state index in [-0.39, 0.29) is 16.3 Å². The van der Waals surface area contributed by atoms with Crippen LogP contribution in [0.2, 0.25) is 0 Å². The molecular weight excluding hydrogens is 224 g/mol. The Labute approximate surface area is 102 Å². The van der Waals surface area contributed by atoms with Gasteiger partial charge in [0.15, 0.2) is 0 Å². The molecule has 5 heteroatoms.